The number of ether oxygens (including phenoxy) is 2. The lowest BCUT2D eigenvalue weighted by molar-refractivity contribution is -0.151. The van der Waals surface area contributed by atoms with E-state index in [2.05, 4.69) is 90.4 Å². The minimum atomic E-state index is -0.840. The molecule has 8 heteroatoms. The largest absolute Gasteiger partial charge is 0.486 e. The van der Waals surface area contributed by atoms with E-state index in [0.717, 1.165) is 69.6 Å². The first-order valence-corrected chi connectivity index (χ1v) is 15.1. The number of carbonyl (C=O) groups excluding carboxylic acids is 1. The zero-order valence-electron chi connectivity index (χ0n) is 26.9. The molecule has 0 fully saturated rings. The van der Waals surface area contributed by atoms with Gasteiger partial charge in [0.05, 0.1) is 23.6 Å². The summed E-state index contributed by atoms with van der Waals surface area (Å²) >= 11 is 0. The molecule has 0 bridgehead atoms. The minimum Gasteiger partial charge on any atom is -0.486 e. The van der Waals surface area contributed by atoms with Gasteiger partial charge in [0, 0.05) is 49.7 Å². The van der Waals surface area contributed by atoms with E-state index in [0.29, 0.717) is 0 Å². The summed E-state index contributed by atoms with van der Waals surface area (Å²) in [5.74, 6) is 0.396. The van der Waals surface area contributed by atoms with Crippen LogP contribution in [0.1, 0.15) is 67.0 Å². The summed E-state index contributed by atoms with van der Waals surface area (Å²) in [7, 11) is 3.35. The van der Waals surface area contributed by atoms with Gasteiger partial charge in [0.1, 0.15) is 16.9 Å². The van der Waals surface area contributed by atoms with Crippen molar-refractivity contribution < 1.29 is 14.3 Å². The lowest BCUT2D eigenvalue weighted by Gasteiger charge is -2.34. The number of fused-ring (bicyclic) bond motifs is 3. The van der Waals surface area contributed by atoms with Gasteiger partial charge in [0.15, 0.2) is 0 Å². The number of aromatic nitrogens is 4. The van der Waals surface area contributed by atoms with Crippen molar-refractivity contribution in [1.29, 1.82) is 0 Å². The number of esters is 1. The minimum absolute atomic E-state index is 0.257. The van der Waals surface area contributed by atoms with Gasteiger partial charge in [-0.25, -0.2) is 4.68 Å². The molecule has 3 heterocycles. The van der Waals surface area contributed by atoms with E-state index in [9.17, 15) is 4.79 Å². The smallest absolute Gasteiger partial charge is 0.312 e. The van der Waals surface area contributed by atoms with Crippen molar-refractivity contribution in [2.75, 3.05) is 13.7 Å². The first kappa shape index (κ1) is 29.8. The van der Waals surface area contributed by atoms with Gasteiger partial charge < -0.3 is 9.47 Å². The van der Waals surface area contributed by atoms with Crippen LogP contribution in [0.15, 0.2) is 60.8 Å². The topological polar surface area (TPSA) is 82.4 Å². The van der Waals surface area contributed by atoms with Crippen molar-refractivity contribution in [2.24, 2.45) is 12.5 Å². The highest BCUT2D eigenvalue weighted by atomic mass is 16.5. The van der Waals surface area contributed by atoms with Crippen LogP contribution in [-0.2, 0) is 29.7 Å². The molecule has 0 radical (unpaired) electrons. The molecular weight excluding hydrogens is 550 g/mol. The molecule has 0 amide bonds. The number of benzene rings is 3. The Hall–Kier alpha value is -4.30. The number of pyridine rings is 1. The average Bonchev–Trinajstić information content (AvgIpc) is 3.30. The highest BCUT2D eigenvalue weighted by Crippen LogP contribution is 2.45. The maximum atomic E-state index is 13.3. The highest BCUT2D eigenvalue weighted by Gasteiger charge is 2.41. The van der Waals surface area contributed by atoms with Crippen molar-refractivity contribution in [1.82, 2.24) is 24.9 Å². The summed E-state index contributed by atoms with van der Waals surface area (Å²) < 4.78 is 13.7. The Labute approximate surface area is 259 Å². The fraction of sp³-hybridized carbons (Fsp3) is 0.389. The molecule has 5 aromatic rings. The fourth-order valence-electron chi connectivity index (χ4n) is 6.85. The molecule has 3 aromatic carbocycles. The summed E-state index contributed by atoms with van der Waals surface area (Å²) in [6, 6.07) is 19.1. The van der Waals surface area contributed by atoms with Crippen LogP contribution in [0.5, 0.6) is 5.75 Å². The summed E-state index contributed by atoms with van der Waals surface area (Å²) in [6.07, 6.45) is 1.83. The number of methoxy groups -OCH3 is 1. The number of carbonyl (C=O) groups is 1. The first-order valence-electron chi connectivity index (χ1n) is 15.1. The van der Waals surface area contributed by atoms with Crippen LogP contribution in [0.2, 0.25) is 0 Å². The molecule has 1 aliphatic rings. The van der Waals surface area contributed by atoms with Gasteiger partial charge in [-0.2, -0.15) is 0 Å². The highest BCUT2D eigenvalue weighted by molar-refractivity contribution is 5.83. The van der Waals surface area contributed by atoms with Gasteiger partial charge in [0.25, 0.3) is 0 Å². The molecule has 0 aliphatic carbocycles. The predicted octanol–water partition coefficient (Wildman–Crippen LogP) is 6.64. The van der Waals surface area contributed by atoms with Crippen LogP contribution in [0.25, 0.3) is 21.9 Å². The quantitative estimate of drug-likeness (QED) is 0.205. The number of aryl methyl sites for hydroxylation is 3. The van der Waals surface area contributed by atoms with Crippen molar-refractivity contribution in [3.8, 4) is 5.75 Å². The van der Waals surface area contributed by atoms with Crippen molar-refractivity contribution in [3.05, 3.63) is 94.2 Å². The van der Waals surface area contributed by atoms with Crippen LogP contribution < -0.4 is 4.74 Å². The summed E-state index contributed by atoms with van der Waals surface area (Å²) in [4.78, 5) is 20.3. The van der Waals surface area contributed by atoms with E-state index < -0.39 is 5.41 Å². The van der Waals surface area contributed by atoms with Crippen LogP contribution in [0.4, 0.5) is 0 Å². The Bertz CT molecular complexity index is 1890. The molecule has 44 heavy (non-hydrogen) atoms. The molecule has 2 aromatic heterocycles. The molecule has 0 saturated carbocycles. The van der Waals surface area contributed by atoms with Crippen molar-refractivity contribution in [3.63, 3.8) is 0 Å². The summed E-state index contributed by atoms with van der Waals surface area (Å²) in [5, 5.41) is 9.76. The molecule has 228 valence electrons. The number of nitrogens with zero attached hydrogens (tertiary/aromatic N) is 5. The van der Waals surface area contributed by atoms with Crippen molar-refractivity contribution >= 4 is 27.9 Å². The third kappa shape index (κ3) is 5.32. The van der Waals surface area contributed by atoms with Crippen LogP contribution in [0, 0.1) is 19.3 Å². The molecule has 0 N–H and O–H groups in total. The van der Waals surface area contributed by atoms with Crippen LogP contribution in [0.3, 0.4) is 0 Å². The van der Waals surface area contributed by atoms with E-state index >= 15 is 0 Å². The molecule has 1 aliphatic heterocycles. The Morgan fingerprint density at radius 2 is 1.91 bits per heavy atom. The fourth-order valence-corrected chi connectivity index (χ4v) is 6.85. The lowest BCUT2D eigenvalue weighted by Crippen LogP contribution is -2.40. The lowest BCUT2D eigenvalue weighted by atomic mass is 9.69. The molecule has 1 unspecified atom stereocenters. The van der Waals surface area contributed by atoms with Gasteiger partial charge in [-0.15, -0.1) is 5.10 Å². The SMILES string of the molecule is COC(=O)C(C)(C)C(c1ccc(C)c(CN2Cc3cc4ncccc4cc3OC(C)(C)C2)c1)c1ccc2c(nnn2C)c1C. The van der Waals surface area contributed by atoms with Gasteiger partial charge in [-0.05, 0) is 93.6 Å². The van der Waals surface area contributed by atoms with E-state index in [4.69, 9.17) is 9.47 Å². The number of rotatable bonds is 6. The third-order valence-electron chi connectivity index (χ3n) is 9.09. The average molecular weight is 592 g/mol. The standard InChI is InChI=1S/C36H41N5O3/c1-22-11-12-25(32(36(5,6)34(42)43-8)28-13-14-30-33(23(28)2)38-39-40(30)7)16-26(22)19-41-20-27-17-29-24(10-9-15-37-29)18-31(27)44-35(3,4)21-41/h9-18,32H,19-21H2,1-8H3. The number of hydrogen-bond acceptors (Lipinski definition) is 7. The Balaban J connectivity index is 1.41. The third-order valence-corrected chi connectivity index (χ3v) is 9.09. The zero-order valence-corrected chi connectivity index (χ0v) is 26.9. The molecule has 0 saturated heterocycles. The van der Waals surface area contributed by atoms with E-state index in [-0.39, 0.29) is 17.5 Å². The van der Waals surface area contributed by atoms with E-state index in [1.165, 1.54) is 18.2 Å². The maximum Gasteiger partial charge on any atom is 0.312 e. The molecule has 8 nitrogen and oxygen atoms in total. The van der Waals surface area contributed by atoms with Crippen LogP contribution >= 0.6 is 0 Å². The molecule has 6 rings (SSSR count). The molecule has 1 atom stereocenters. The van der Waals surface area contributed by atoms with Gasteiger partial charge in [0.2, 0.25) is 0 Å². The number of hydrogen-bond donors (Lipinski definition) is 0. The van der Waals surface area contributed by atoms with Gasteiger partial charge >= 0.3 is 5.97 Å². The van der Waals surface area contributed by atoms with E-state index in [1.807, 2.05) is 39.2 Å². The second-order valence-corrected chi connectivity index (χ2v) is 13.4. The predicted molar refractivity (Wildman–Crippen MR) is 173 cm³/mol. The van der Waals surface area contributed by atoms with Crippen molar-refractivity contribution in [2.45, 2.75) is 66.2 Å². The Morgan fingerprint density at radius 3 is 2.68 bits per heavy atom. The van der Waals surface area contributed by atoms with Gasteiger partial charge in [-0.3, -0.25) is 14.7 Å². The van der Waals surface area contributed by atoms with E-state index in [1.54, 1.807) is 4.68 Å². The maximum absolute atomic E-state index is 13.3. The van der Waals surface area contributed by atoms with Gasteiger partial charge in [-0.1, -0.05) is 35.5 Å². The summed E-state index contributed by atoms with van der Waals surface area (Å²) in [5.41, 5.74) is 8.22. The normalized spacial score (nSPS) is 15.9. The first-order chi connectivity index (χ1) is 20.9. The zero-order chi connectivity index (χ0) is 31.4. The molecule has 0 spiro atoms. The second kappa shape index (κ2) is 11.0. The summed E-state index contributed by atoms with van der Waals surface area (Å²) in [6.45, 7) is 14.7. The molecular formula is C36H41N5O3. The Morgan fingerprint density at radius 1 is 1.11 bits per heavy atom. The monoisotopic (exact) mass is 591 g/mol. The Kier molecular flexibility index (Phi) is 7.44. The van der Waals surface area contributed by atoms with Crippen LogP contribution in [-0.4, -0.2) is 50.1 Å². The second-order valence-electron chi connectivity index (χ2n) is 13.4.